The molecule has 0 saturated heterocycles. The van der Waals surface area contributed by atoms with E-state index in [1.807, 2.05) is 0 Å². The highest BCUT2D eigenvalue weighted by Gasteiger charge is 2.23. The molecule has 0 atom stereocenters. The molecular formula is C27H32FN7O2S. The molecule has 0 spiro atoms. The third-order valence-electron chi connectivity index (χ3n) is 6.83. The molecule has 11 heteroatoms. The molecule has 200 valence electrons. The molecular weight excluding hydrogens is 505 g/mol. The highest BCUT2D eigenvalue weighted by molar-refractivity contribution is 7.90. The molecule has 2 heterocycles. The van der Waals surface area contributed by atoms with Crippen molar-refractivity contribution in [2.24, 2.45) is 5.92 Å². The topological polar surface area (TPSA) is 105 Å². The largest absolute Gasteiger partial charge is 0.351 e. The van der Waals surface area contributed by atoms with Gasteiger partial charge in [-0.1, -0.05) is 6.07 Å². The Morgan fingerprint density at radius 2 is 1.79 bits per heavy atom. The molecule has 2 N–H and O–H groups in total. The van der Waals surface area contributed by atoms with Gasteiger partial charge in [0, 0.05) is 24.5 Å². The number of aromatic nitrogens is 4. The number of sulfone groups is 1. The zero-order valence-corrected chi connectivity index (χ0v) is 22.5. The number of hydrogen-bond donors (Lipinski definition) is 2. The second-order valence-corrected chi connectivity index (χ2v) is 12.2. The first-order valence-electron chi connectivity index (χ1n) is 12.6. The molecule has 1 aliphatic rings. The molecule has 5 rings (SSSR count). The van der Waals surface area contributed by atoms with E-state index in [2.05, 4.69) is 34.6 Å². The molecule has 4 aromatic rings. The summed E-state index contributed by atoms with van der Waals surface area (Å²) in [5.41, 5.74) is 2.31. The predicted molar refractivity (Wildman–Crippen MR) is 147 cm³/mol. The SMILES string of the molecule is CN(C)CC1CCC(Nc2nc(Nc3ccc(S(C)(=O)=O)cc3)c3ncn(-c4cccc(F)c4)c3n2)CC1. The van der Waals surface area contributed by atoms with Crippen molar-refractivity contribution in [2.45, 2.75) is 36.6 Å². The normalized spacial score (nSPS) is 18.1. The van der Waals surface area contributed by atoms with Crippen molar-refractivity contribution in [3.8, 4) is 5.69 Å². The van der Waals surface area contributed by atoms with Crippen LogP contribution in [0.15, 0.2) is 59.8 Å². The van der Waals surface area contributed by atoms with E-state index in [1.165, 1.54) is 18.4 Å². The Morgan fingerprint density at radius 3 is 2.45 bits per heavy atom. The van der Waals surface area contributed by atoms with Gasteiger partial charge >= 0.3 is 0 Å². The van der Waals surface area contributed by atoms with Crippen LogP contribution in [0.25, 0.3) is 16.9 Å². The van der Waals surface area contributed by atoms with E-state index < -0.39 is 9.84 Å². The average molecular weight is 538 g/mol. The molecule has 38 heavy (non-hydrogen) atoms. The summed E-state index contributed by atoms with van der Waals surface area (Å²) in [4.78, 5) is 16.5. The maximum atomic E-state index is 14.0. The van der Waals surface area contributed by atoms with Crippen LogP contribution in [0, 0.1) is 11.7 Å². The summed E-state index contributed by atoms with van der Waals surface area (Å²) in [5, 5.41) is 6.78. The van der Waals surface area contributed by atoms with Crippen LogP contribution < -0.4 is 10.6 Å². The van der Waals surface area contributed by atoms with E-state index in [4.69, 9.17) is 9.97 Å². The summed E-state index contributed by atoms with van der Waals surface area (Å²) in [5.74, 6) is 1.27. The van der Waals surface area contributed by atoms with E-state index in [9.17, 15) is 12.8 Å². The van der Waals surface area contributed by atoms with Crippen LogP contribution in [0.3, 0.4) is 0 Å². The van der Waals surface area contributed by atoms with E-state index in [1.54, 1.807) is 47.3 Å². The minimum Gasteiger partial charge on any atom is -0.351 e. The molecule has 0 bridgehead atoms. The summed E-state index contributed by atoms with van der Waals surface area (Å²) < 4.78 is 39.4. The second kappa shape index (κ2) is 10.7. The first-order chi connectivity index (χ1) is 18.2. The molecule has 0 radical (unpaired) electrons. The van der Waals surface area contributed by atoms with Gasteiger partial charge in [0.2, 0.25) is 5.95 Å². The van der Waals surface area contributed by atoms with E-state index in [-0.39, 0.29) is 16.8 Å². The average Bonchev–Trinajstić information content (AvgIpc) is 3.29. The van der Waals surface area contributed by atoms with Crippen LogP contribution in [-0.2, 0) is 9.84 Å². The maximum Gasteiger partial charge on any atom is 0.227 e. The zero-order valence-electron chi connectivity index (χ0n) is 21.7. The molecule has 0 unspecified atom stereocenters. The monoisotopic (exact) mass is 537 g/mol. The molecule has 1 saturated carbocycles. The first kappa shape index (κ1) is 26.1. The number of rotatable bonds is 8. The second-order valence-electron chi connectivity index (χ2n) is 10.2. The number of fused-ring (bicyclic) bond motifs is 1. The van der Waals surface area contributed by atoms with Crippen molar-refractivity contribution in [1.29, 1.82) is 0 Å². The van der Waals surface area contributed by atoms with Crippen molar-refractivity contribution < 1.29 is 12.8 Å². The molecule has 9 nitrogen and oxygen atoms in total. The van der Waals surface area contributed by atoms with Gasteiger partial charge < -0.3 is 15.5 Å². The lowest BCUT2D eigenvalue weighted by Crippen LogP contribution is -2.31. The lowest BCUT2D eigenvalue weighted by Gasteiger charge is -2.30. The number of imidazole rings is 1. The van der Waals surface area contributed by atoms with E-state index in [0.29, 0.717) is 40.2 Å². The molecule has 0 aliphatic heterocycles. The van der Waals surface area contributed by atoms with Gasteiger partial charge in [0.1, 0.15) is 12.1 Å². The number of hydrogen-bond acceptors (Lipinski definition) is 8. The van der Waals surface area contributed by atoms with E-state index >= 15 is 0 Å². The third kappa shape index (κ3) is 5.94. The van der Waals surface area contributed by atoms with Gasteiger partial charge in [-0.15, -0.1) is 0 Å². The quantitative estimate of drug-likeness (QED) is 0.335. The summed E-state index contributed by atoms with van der Waals surface area (Å²) in [6.07, 6.45) is 7.10. The molecule has 2 aromatic heterocycles. The third-order valence-corrected chi connectivity index (χ3v) is 7.96. The standard InChI is InChI=1S/C27H32FN7O2S/c1-34(2)16-18-7-9-21(10-8-18)31-27-32-25(30-20-11-13-23(14-12-20)38(3,36)37)24-26(33-27)35(17-29-24)22-6-4-5-19(28)15-22/h4-6,11-15,17-18,21H,7-10,16H2,1-3H3,(H2,30,31,32,33). The van der Waals surface area contributed by atoms with Gasteiger partial charge in [-0.05, 0) is 88.2 Å². The Labute approximate surface area is 222 Å². The fourth-order valence-electron chi connectivity index (χ4n) is 4.98. The Balaban J connectivity index is 1.47. The smallest absolute Gasteiger partial charge is 0.227 e. The van der Waals surface area contributed by atoms with Gasteiger partial charge in [-0.25, -0.2) is 17.8 Å². The van der Waals surface area contributed by atoms with Crippen LogP contribution in [-0.4, -0.2) is 65.8 Å². The Hall–Kier alpha value is -3.57. The summed E-state index contributed by atoms with van der Waals surface area (Å²) in [6, 6.07) is 13.0. The van der Waals surface area contributed by atoms with Gasteiger partial charge in [-0.3, -0.25) is 4.57 Å². The molecule has 0 amide bonds. The van der Waals surface area contributed by atoms with Gasteiger partial charge in [0.15, 0.2) is 26.8 Å². The minimum absolute atomic E-state index is 0.235. The number of benzene rings is 2. The maximum absolute atomic E-state index is 14.0. The van der Waals surface area contributed by atoms with Crippen LogP contribution in [0.2, 0.25) is 0 Å². The van der Waals surface area contributed by atoms with Crippen LogP contribution in [0.1, 0.15) is 25.7 Å². The number of nitrogens with one attached hydrogen (secondary N) is 2. The number of nitrogens with zero attached hydrogens (tertiary/aromatic N) is 5. The fraction of sp³-hybridized carbons (Fsp3) is 0.370. The Kier molecular flexibility index (Phi) is 7.31. The van der Waals surface area contributed by atoms with E-state index in [0.717, 1.165) is 32.2 Å². The zero-order chi connectivity index (χ0) is 26.9. The summed E-state index contributed by atoms with van der Waals surface area (Å²) in [6.45, 7) is 1.09. The minimum atomic E-state index is -3.30. The predicted octanol–water partition coefficient (Wildman–Crippen LogP) is 4.63. The van der Waals surface area contributed by atoms with Gasteiger partial charge in [0.05, 0.1) is 10.6 Å². The molecule has 1 aliphatic carbocycles. The van der Waals surface area contributed by atoms with Gasteiger partial charge in [-0.2, -0.15) is 9.97 Å². The first-order valence-corrected chi connectivity index (χ1v) is 14.5. The lowest BCUT2D eigenvalue weighted by atomic mass is 9.86. The Bertz CT molecular complexity index is 1530. The summed E-state index contributed by atoms with van der Waals surface area (Å²) in [7, 11) is 0.915. The van der Waals surface area contributed by atoms with Crippen molar-refractivity contribution in [2.75, 3.05) is 37.5 Å². The number of anilines is 3. The Morgan fingerprint density at radius 1 is 1.05 bits per heavy atom. The highest BCUT2D eigenvalue weighted by atomic mass is 32.2. The van der Waals surface area contributed by atoms with Crippen molar-refractivity contribution in [3.63, 3.8) is 0 Å². The van der Waals surface area contributed by atoms with Crippen LogP contribution in [0.4, 0.5) is 21.8 Å². The number of halogens is 1. The van der Waals surface area contributed by atoms with Crippen molar-refractivity contribution in [1.82, 2.24) is 24.4 Å². The highest BCUT2D eigenvalue weighted by Crippen LogP contribution is 2.30. The fourth-order valence-corrected chi connectivity index (χ4v) is 5.61. The van der Waals surface area contributed by atoms with Crippen LogP contribution >= 0.6 is 0 Å². The van der Waals surface area contributed by atoms with Crippen molar-refractivity contribution >= 4 is 38.5 Å². The lowest BCUT2D eigenvalue weighted by molar-refractivity contribution is 0.255. The summed E-state index contributed by atoms with van der Waals surface area (Å²) >= 11 is 0. The van der Waals surface area contributed by atoms with Gasteiger partial charge in [0.25, 0.3) is 0 Å². The molecule has 2 aromatic carbocycles. The van der Waals surface area contributed by atoms with Crippen LogP contribution in [0.5, 0.6) is 0 Å². The van der Waals surface area contributed by atoms with Crippen molar-refractivity contribution in [3.05, 3.63) is 60.7 Å². The molecule has 1 fully saturated rings.